The number of hydrogen-bond donors (Lipinski definition) is 1. The highest BCUT2D eigenvalue weighted by molar-refractivity contribution is 5.35. The maximum absolute atomic E-state index is 5.92. The number of aromatic nitrogens is 1. The second-order valence-electron chi connectivity index (χ2n) is 5.34. The topological polar surface area (TPSA) is 30.9 Å². The Labute approximate surface area is 92.5 Å². The molecule has 1 aromatic rings. The van der Waals surface area contributed by atoms with Gasteiger partial charge in [-0.25, -0.2) is 0 Å². The molecular weight excluding hydrogens is 184 g/mol. The largest absolute Gasteiger partial charge is 0.349 e. The van der Waals surface area contributed by atoms with E-state index in [2.05, 4.69) is 38.3 Å². The lowest BCUT2D eigenvalue weighted by atomic mass is 10.1. The van der Waals surface area contributed by atoms with Gasteiger partial charge in [0, 0.05) is 29.9 Å². The van der Waals surface area contributed by atoms with Crippen LogP contribution in [0.25, 0.3) is 0 Å². The predicted molar refractivity (Wildman–Crippen MR) is 64.1 cm³/mol. The van der Waals surface area contributed by atoms with Crippen LogP contribution in [0.4, 0.5) is 0 Å². The van der Waals surface area contributed by atoms with E-state index in [1.54, 1.807) is 0 Å². The summed E-state index contributed by atoms with van der Waals surface area (Å²) >= 11 is 0. The molecule has 1 aromatic heterocycles. The first-order valence-corrected chi connectivity index (χ1v) is 5.93. The second-order valence-corrected chi connectivity index (χ2v) is 5.34. The fourth-order valence-electron chi connectivity index (χ4n) is 2.42. The van der Waals surface area contributed by atoms with E-state index >= 15 is 0 Å². The van der Waals surface area contributed by atoms with Gasteiger partial charge in [0.05, 0.1) is 0 Å². The molecule has 0 bridgehead atoms. The quantitative estimate of drug-likeness (QED) is 0.809. The SMILES string of the molecule is Cc1cc(C2CC2N)c(C)n1CC(C)C. The number of nitrogens with two attached hydrogens (primary N) is 1. The van der Waals surface area contributed by atoms with E-state index in [9.17, 15) is 0 Å². The summed E-state index contributed by atoms with van der Waals surface area (Å²) in [7, 11) is 0. The van der Waals surface area contributed by atoms with Crippen molar-refractivity contribution >= 4 is 0 Å². The zero-order valence-corrected chi connectivity index (χ0v) is 10.2. The van der Waals surface area contributed by atoms with Gasteiger partial charge in [0.15, 0.2) is 0 Å². The third-order valence-electron chi connectivity index (χ3n) is 3.40. The van der Waals surface area contributed by atoms with Crippen LogP contribution in [0.2, 0.25) is 0 Å². The van der Waals surface area contributed by atoms with Crippen molar-refractivity contribution in [2.24, 2.45) is 11.7 Å². The first-order chi connectivity index (χ1) is 7.00. The third kappa shape index (κ3) is 1.96. The molecule has 1 heterocycles. The fraction of sp³-hybridized carbons (Fsp3) is 0.692. The van der Waals surface area contributed by atoms with Crippen LogP contribution in [0.1, 0.15) is 43.1 Å². The van der Waals surface area contributed by atoms with Gasteiger partial charge in [-0.1, -0.05) is 13.8 Å². The maximum atomic E-state index is 5.92. The van der Waals surface area contributed by atoms with E-state index in [-0.39, 0.29) is 0 Å². The van der Waals surface area contributed by atoms with Crippen molar-refractivity contribution in [3.63, 3.8) is 0 Å². The Hall–Kier alpha value is -0.760. The molecule has 1 aliphatic rings. The summed E-state index contributed by atoms with van der Waals surface area (Å²) < 4.78 is 2.44. The molecule has 2 nitrogen and oxygen atoms in total. The molecule has 2 rings (SSSR count). The molecular formula is C13H22N2. The second kappa shape index (κ2) is 3.67. The van der Waals surface area contributed by atoms with Crippen molar-refractivity contribution in [3.8, 4) is 0 Å². The van der Waals surface area contributed by atoms with Gasteiger partial charge in [-0.3, -0.25) is 0 Å². The van der Waals surface area contributed by atoms with Gasteiger partial charge in [-0.05, 0) is 37.8 Å². The highest BCUT2D eigenvalue weighted by Gasteiger charge is 2.37. The van der Waals surface area contributed by atoms with E-state index in [0.29, 0.717) is 17.9 Å². The molecule has 1 aliphatic carbocycles. The van der Waals surface area contributed by atoms with E-state index < -0.39 is 0 Å². The van der Waals surface area contributed by atoms with Crippen LogP contribution in [0, 0.1) is 19.8 Å². The summed E-state index contributed by atoms with van der Waals surface area (Å²) in [6.07, 6.45) is 1.17. The zero-order valence-electron chi connectivity index (χ0n) is 10.2. The molecule has 1 saturated carbocycles. The predicted octanol–water partition coefficient (Wildman–Crippen LogP) is 2.58. The number of hydrogen-bond acceptors (Lipinski definition) is 1. The fourth-order valence-corrected chi connectivity index (χ4v) is 2.42. The van der Waals surface area contributed by atoms with Crippen molar-refractivity contribution in [1.29, 1.82) is 0 Å². The molecule has 0 saturated heterocycles. The summed E-state index contributed by atoms with van der Waals surface area (Å²) in [6, 6.07) is 2.74. The summed E-state index contributed by atoms with van der Waals surface area (Å²) in [4.78, 5) is 0. The van der Waals surface area contributed by atoms with Crippen LogP contribution in [0.3, 0.4) is 0 Å². The standard InChI is InChI=1S/C13H22N2/c1-8(2)7-15-9(3)5-11(10(15)4)12-6-13(12)14/h5,8,12-13H,6-7,14H2,1-4H3. The summed E-state index contributed by atoms with van der Waals surface area (Å²) in [6.45, 7) is 10.1. The average molecular weight is 206 g/mol. The first kappa shape index (κ1) is 10.7. The van der Waals surface area contributed by atoms with E-state index in [4.69, 9.17) is 5.73 Å². The monoisotopic (exact) mass is 206 g/mol. The molecule has 2 N–H and O–H groups in total. The van der Waals surface area contributed by atoms with Crippen molar-refractivity contribution < 1.29 is 0 Å². The molecule has 0 aromatic carbocycles. The van der Waals surface area contributed by atoms with Crippen LogP contribution in [0.15, 0.2) is 6.07 Å². The molecule has 0 radical (unpaired) electrons. The zero-order chi connectivity index (χ0) is 11.2. The summed E-state index contributed by atoms with van der Waals surface area (Å²) in [5.74, 6) is 1.34. The minimum atomic E-state index is 0.415. The molecule has 2 atom stereocenters. The molecule has 1 fully saturated rings. The van der Waals surface area contributed by atoms with Crippen molar-refractivity contribution in [1.82, 2.24) is 4.57 Å². The third-order valence-corrected chi connectivity index (χ3v) is 3.40. The Morgan fingerprint density at radius 1 is 1.47 bits per heavy atom. The lowest BCUT2D eigenvalue weighted by Gasteiger charge is -2.12. The highest BCUT2D eigenvalue weighted by atomic mass is 15.0. The van der Waals surface area contributed by atoms with Gasteiger partial charge in [-0.15, -0.1) is 0 Å². The van der Waals surface area contributed by atoms with E-state index in [1.807, 2.05) is 0 Å². The Bertz CT molecular complexity index is 363. The molecule has 84 valence electrons. The summed E-state index contributed by atoms with van der Waals surface area (Å²) in [5, 5.41) is 0. The number of nitrogens with zero attached hydrogens (tertiary/aromatic N) is 1. The molecule has 0 amide bonds. The normalized spacial score (nSPS) is 24.9. The van der Waals surface area contributed by atoms with Crippen LogP contribution in [0.5, 0.6) is 0 Å². The minimum Gasteiger partial charge on any atom is -0.349 e. The molecule has 0 aliphatic heterocycles. The van der Waals surface area contributed by atoms with Crippen molar-refractivity contribution in [3.05, 3.63) is 23.0 Å². The molecule has 15 heavy (non-hydrogen) atoms. The molecule has 0 spiro atoms. The molecule has 2 unspecified atom stereocenters. The Kier molecular flexibility index (Phi) is 2.63. The smallest absolute Gasteiger partial charge is 0.0247 e. The lowest BCUT2D eigenvalue weighted by molar-refractivity contribution is 0.508. The van der Waals surface area contributed by atoms with E-state index in [0.717, 1.165) is 6.54 Å². The molecule has 2 heteroatoms. The first-order valence-electron chi connectivity index (χ1n) is 5.93. The Balaban J connectivity index is 2.27. The minimum absolute atomic E-state index is 0.415. The van der Waals surface area contributed by atoms with Gasteiger partial charge in [0.2, 0.25) is 0 Å². The van der Waals surface area contributed by atoms with Crippen molar-refractivity contribution in [2.75, 3.05) is 0 Å². The van der Waals surface area contributed by atoms with E-state index in [1.165, 1.54) is 23.4 Å². The Morgan fingerprint density at radius 3 is 2.53 bits per heavy atom. The number of rotatable bonds is 3. The van der Waals surface area contributed by atoms with Gasteiger partial charge < -0.3 is 10.3 Å². The van der Waals surface area contributed by atoms with Crippen molar-refractivity contribution in [2.45, 2.75) is 52.6 Å². The highest BCUT2D eigenvalue weighted by Crippen LogP contribution is 2.41. The maximum Gasteiger partial charge on any atom is 0.0247 e. The number of aryl methyl sites for hydroxylation is 1. The Morgan fingerprint density at radius 2 is 2.07 bits per heavy atom. The van der Waals surface area contributed by atoms with Gasteiger partial charge in [0.25, 0.3) is 0 Å². The van der Waals surface area contributed by atoms with Gasteiger partial charge in [-0.2, -0.15) is 0 Å². The average Bonchev–Trinajstić information content (AvgIpc) is 2.79. The lowest BCUT2D eigenvalue weighted by Crippen LogP contribution is -2.08. The van der Waals surface area contributed by atoms with Crippen LogP contribution in [-0.2, 0) is 6.54 Å². The van der Waals surface area contributed by atoms with Crippen LogP contribution >= 0.6 is 0 Å². The van der Waals surface area contributed by atoms with Gasteiger partial charge >= 0.3 is 0 Å². The van der Waals surface area contributed by atoms with Crippen LogP contribution in [-0.4, -0.2) is 10.6 Å². The summed E-state index contributed by atoms with van der Waals surface area (Å²) in [5.41, 5.74) is 10.2. The van der Waals surface area contributed by atoms with Gasteiger partial charge in [0.1, 0.15) is 0 Å². The van der Waals surface area contributed by atoms with Crippen LogP contribution < -0.4 is 5.73 Å².